The van der Waals surface area contributed by atoms with Gasteiger partial charge in [0.15, 0.2) is 0 Å². The van der Waals surface area contributed by atoms with Gasteiger partial charge in [0.05, 0.1) is 16.7 Å². The molecule has 17 heavy (non-hydrogen) atoms. The van der Waals surface area contributed by atoms with Gasteiger partial charge in [0.2, 0.25) is 0 Å². The Morgan fingerprint density at radius 1 is 1.18 bits per heavy atom. The number of rotatable bonds is 4. The van der Waals surface area contributed by atoms with Crippen LogP contribution < -0.4 is 4.74 Å². The Balaban J connectivity index is 2.20. The van der Waals surface area contributed by atoms with Gasteiger partial charge in [-0.15, -0.1) is 0 Å². The topological polar surface area (TPSA) is 12.5 Å². The molecule has 1 aliphatic rings. The fourth-order valence-electron chi connectivity index (χ4n) is 2.16. The van der Waals surface area contributed by atoms with Gasteiger partial charge < -0.3 is 4.74 Å². The van der Waals surface area contributed by atoms with Crippen molar-refractivity contribution in [3.63, 3.8) is 0 Å². The molecule has 2 rings (SSSR count). The van der Waals surface area contributed by atoms with Gasteiger partial charge in [-0.25, -0.2) is 0 Å². The first-order valence-corrected chi connectivity index (χ1v) is 6.79. The number of benzene rings is 1. The third-order valence-corrected chi connectivity index (χ3v) is 3.72. The summed E-state index contributed by atoms with van der Waals surface area (Å²) in [5, 5.41) is 1.16. The molecule has 1 saturated heterocycles. The average molecular weight is 274 g/mol. The van der Waals surface area contributed by atoms with E-state index in [4.69, 9.17) is 27.9 Å². The first-order valence-electron chi connectivity index (χ1n) is 6.03. The molecule has 1 aliphatic heterocycles. The lowest BCUT2D eigenvalue weighted by Gasteiger charge is -2.18. The summed E-state index contributed by atoms with van der Waals surface area (Å²) in [4.78, 5) is 2.42. The van der Waals surface area contributed by atoms with Gasteiger partial charge >= 0.3 is 0 Å². The van der Waals surface area contributed by atoms with Crippen LogP contribution in [0.5, 0.6) is 5.75 Å². The third-order valence-electron chi connectivity index (χ3n) is 3.00. The Bertz CT molecular complexity index is 389. The van der Waals surface area contributed by atoms with Crippen LogP contribution in [0.15, 0.2) is 12.1 Å². The van der Waals surface area contributed by atoms with Gasteiger partial charge in [0.25, 0.3) is 0 Å². The van der Waals surface area contributed by atoms with E-state index in [-0.39, 0.29) is 0 Å². The molecule has 2 nitrogen and oxygen atoms in total. The van der Waals surface area contributed by atoms with Crippen molar-refractivity contribution in [3.8, 4) is 5.75 Å². The second kappa shape index (κ2) is 5.94. The third kappa shape index (κ3) is 3.27. The summed E-state index contributed by atoms with van der Waals surface area (Å²) in [7, 11) is 0. The first-order chi connectivity index (χ1) is 8.20. The van der Waals surface area contributed by atoms with Crippen molar-refractivity contribution in [1.29, 1.82) is 0 Å². The Kier molecular flexibility index (Phi) is 4.55. The maximum atomic E-state index is 6.07. The molecule has 0 amide bonds. The molecule has 0 bridgehead atoms. The Morgan fingerprint density at radius 3 is 2.47 bits per heavy atom. The lowest BCUT2D eigenvalue weighted by atomic mass is 10.2. The van der Waals surface area contributed by atoms with E-state index in [9.17, 15) is 0 Å². The molecule has 0 aliphatic carbocycles. The highest BCUT2D eigenvalue weighted by Crippen LogP contribution is 2.32. The SMILES string of the molecule is CCOc1cc(Cl)c(Cl)cc1CN1CCCC1. The predicted octanol–water partition coefficient (Wildman–Crippen LogP) is 3.99. The predicted molar refractivity (Wildman–Crippen MR) is 72.1 cm³/mol. The standard InChI is InChI=1S/C13H17Cl2NO/c1-2-17-13-8-12(15)11(14)7-10(13)9-16-5-3-4-6-16/h7-8H,2-6,9H2,1H3. The van der Waals surface area contributed by atoms with Crippen LogP contribution in [0.3, 0.4) is 0 Å². The van der Waals surface area contributed by atoms with E-state index in [1.807, 2.05) is 19.1 Å². The summed E-state index contributed by atoms with van der Waals surface area (Å²) in [6.07, 6.45) is 2.57. The van der Waals surface area contributed by atoms with Crippen LogP contribution in [0.1, 0.15) is 25.3 Å². The van der Waals surface area contributed by atoms with Crippen molar-refractivity contribution >= 4 is 23.2 Å². The van der Waals surface area contributed by atoms with Gasteiger partial charge in [0.1, 0.15) is 5.75 Å². The molecular formula is C13H17Cl2NO. The summed E-state index contributed by atoms with van der Waals surface area (Å²) >= 11 is 12.1. The van der Waals surface area contributed by atoms with Crippen molar-refractivity contribution in [1.82, 2.24) is 4.90 Å². The van der Waals surface area contributed by atoms with E-state index in [0.29, 0.717) is 16.7 Å². The highest BCUT2D eigenvalue weighted by molar-refractivity contribution is 6.42. The van der Waals surface area contributed by atoms with Gasteiger partial charge in [-0.3, -0.25) is 4.90 Å². The van der Waals surface area contributed by atoms with Gasteiger partial charge in [0, 0.05) is 18.2 Å². The molecule has 0 unspecified atom stereocenters. The average Bonchev–Trinajstić information content (AvgIpc) is 2.78. The van der Waals surface area contributed by atoms with Gasteiger partial charge in [-0.1, -0.05) is 23.2 Å². The molecule has 1 aromatic carbocycles. The number of nitrogens with zero attached hydrogens (tertiary/aromatic N) is 1. The summed E-state index contributed by atoms with van der Waals surface area (Å²) in [6.45, 7) is 5.83. The van der Waals surface area contributed by atoms with Crippen molar-refractivity contribution in [2.24, 2.45) is 0 Å². The van der Waals surface area contributed by atoms with E-state index in [2.05, 4.69) is 4.90 Å². The zero-order valence-corrected chi connectivity index (χ0v) is 11.5. The monoisotopic (exact) mass is 273 g/mol. The lowest BCUT2D eigenvalue weighted by molar-refractivity contribution is 0.305. The van der Waals surface area contributed by atoms with E-state index in [1.54, 1.807) is 0 Å². The summed E-state index contributed by atoms with van der Waals surface area (Å²) in [5.74, 6) is 0.855. The van der Waals surface area contributed by atoms with E-state index < -0.39 is 0 Å². The maximum absolute atomic E-state index is 6.07. The van der Waals surface area contributed by atoms with E-state index >= 15 is 0 Å². The van der Waals surface area contributed by atoms with Gasteiger partial charge in [-0.05, 0) is 38.9 Å². The zero-order chi connectivity index (χ0) is 12.3. The van der Waals surface area contributed by atoms with Crippen LogP contribution in [-0.4, -0.2) is 24.6 Å². The van der Waals surface area contributed by atoms with Crippen LogP contribution in [-0.2, 0) is 6.54 Å². The molecule has 0 aromatic heterocycles. The minimum atomic E-state index is 0.556. The van der Waals surface area contributed by atoms with Crippen LogP contribution in [0.4, 0.5) is 0 Å². The van der Waals surface area contributed by atoms with Crippen molar-refractivity contribution in [2.45, 2.75) is 26.3 Å². The quantitative estimate of drug-likeness (QED) is 0.823. The normalized spacial score (nSPS) is 16.4. The van der Waals surface area contributed by atoms with Crippen molar-refractivity contribution in [2.75, 3.05) is 19.7 Å². The Morgan fingerprint density at radius 2 is 1.82 bits per heavy atom. The molecule has 4 heteroatoms. The Hall–Kier alpha value is -0.440. The molecule has 0 atom stereocenters. The van der Waals surface area contributed by atoms with E-state index in [0.717, 1.165) is 30.9 Å². The molecule has 0 spiro atoms. The molecule has 0 radical (unpaired) electrons. The first kappa shape index (κ1) is 13.0. The minimum absolute atomic E-state index is 0.556. The largest absolute Gasteiger partial charge is 0.493 e. The molecule has 1 fully saturated rings. The minimum Gasteiger partial charge on any atom is -0.493 e. The molecular weight excluding hydrogens is 257 g/mol. The number of halogens is 2. The molecule has 0 N–H and O–H groups in total. The second-order valence-electron chi connectivity index (χ2n) is 4.29. The van der Waals surface area contributed by atoms with Crippen LogP contribution in [0.2, 0.25) is 10.0 Å². The molecule has 0 saturated carbocycles. The van der Waals surface area contributed by atoms with Crippen LogP contribution in [0, 0.1) is 0 Å². The second-order valence-corrected chi connectivity index (χ2v) is 5.10. The van der Waals surface area contributed by atoms with Crippen molar-refractivity contribution < 1.29 is 4.74 Å². The summed E-state index contributed by atoms with van der Waals surface area (Å²) in [6, 6.07) is 3.74. The lowest BCUT2D eigenvalue weighted by Crippen LogP contribution is -2.19. The molecule has 1 aromatic rings. The summed E-state index contributed by atoms with van der Waals surface area (Å²) < 4.78 is 5.61. The fraction of sp³-hybridized carbons (Fsp3) is 0.538. The van der Waals surface area contributed by atoms with Crippen LogP contribution >= 0.6 is 23.2 Å². The smallest absolute Gasteiger partial charge is 0.125 e. The highest BCUT2D eigenvalue weighted by Gasteiger charge is 2.15. The summed E-state index contributed by atoms with van der Waals surface area (Å²) in [5.41, 5.74) is 1.13. The highest BCUT2D eigenvalue weighted by atomic mass is 35.5. The number of likely N-dealkylation sites (tertiary alicyclic amines) is 1. The van der Waals surface area contributed by atoms with E-state index in [1.165, 1.54) is 12.8 Å². The zero-order valence-electron chi connectivity index (χ0n) is 10.0. The number of hydrogen-bond acceptors (Lipinski definition) is 2. The van der Waals surface area contributed by atoms with Crippen molar-refractivity contribution in [3.05, 3.63) is 27.7 Å². The van der Waals surface area contributed by atoms with Crippen LogP contribution in [0.25, 0.3) is 0 Å². The number of hydrogen-bond donors (Lipinski definition) is 0. The molecule has 94 valence electrons. The number of ether oxygens (including phenoxy) is 1. The maximum Gasteiger partial charge on any atom is 0.125 e. The molecule has 1 heterocycles. The fourth-order valence-corrected chi connectivity index (χ4v) is 2.50. The Labute approximate surface area is 112 Å². The van der Waals surface area contributed by atoms with Gasteiger partial charge in [-0.2, -0.15) is 0 Å².